The van der Waals surface area contributed by atoms with Gasteiger partial charge < -0.3 is 0 Å². The van der Waals surface area contributed by atoms with Gasteiger partial charge in [0.25, 0.3) is 10.2 Å². The van der Waals surface area contributed by atoms with E-state index < -0.39 is 10.2 Å². The summed E-state index contributed by atoms with van der Waals surface area (Å²) in [7, 11) is -0.271. The maximum Gasteiger partial charge on any atom is 0.281 e. The Labute approximate surface area is 155 Å². The smallest absolute Gasteiger partial charge is 0.264 e. The van der Waals surface area contributed by atoms with Crippen LogP contribution in [0.15, 0.2) is 18.3 Å². The Morgan fingerprint density at radius 2 is 2.08 bits per heavy atom. The van der Waals surface area contributed by atoms with Gasteiger partial charge >= 0.3 is 0 Å². The van der Waals surface area contributed by atoms with Gasteiger partial charge in [0.15, 0.2) is 0 Å². The van der Waals surface area contributed by atoms with E-state index in [0.29, 0.717) is 18.9 Å². The monoisotopic (exact) mass is 378 g/mol. The Balaban J connectivity index is 1.92. The van der Waals surface area contributed by atoms with Crippen LogP contribution in [0.25, 0.3) is 11.4 Å². The van der Waals surface area contributed by atoms with Crippen molar-refractivity contribution < 1.29 is 8.42 Å². The Morgan fingerprint density at radius 3 is 2.77 bits per heavy atom. The molecule has 3 heterocycles. The van der Waals surface area contributed by atoms with Crippen LogP contribution < -0.4 is 0 Å². The van der Waals surface area contributed by atoms with Crippen molar-refractivity contribution in [2.45, 2.75) is 39.2 Å². The molecule has 26 heavy (non-hydrogen) atoms. The first-order valence-electron chi connectivity index (χ1n) is 8.88. The molecule has 1 fully saturated rings. The Hall–Kier alpha value is -1.84. The molecular formula is C17H26N6O2S. The molecule has 0 radical (unpaired) electrons. The van der Waals surface area contributed by atoms with E-state index >= 15 is 0 Å². The molecule has 0 unspecified atom stereocenters. The quantitative estimate of drug-likeness (QED) is 0.790. The van der Waals surface area contributed by atoms with Crippen LogP contribution in [-0.2, 0) is 16.8 Å². The number of aryl methyl sites for hydroxylation is 2. The third kappa shape index (κ3) is 3.65. The van der Waals surface area contributed by atoms with Crippen LogP contribution in [0.4, 0.5) is 0 Å². The van der Waals surface area contributed by atoms with Crippen LogP contribution in [0, 0.1) is 6.92 Å². The molecule has 2 aromatic rings. The highest BCUT2D eigenvalue weighted by Gasteiger charge is 2.32. The molecule has 0 spiro atoms. The normalized spacial score (nSPS) is 19.2. The third-order valence-electron chi connectivity index (χ3n) is 4.73. The van der Waals surface area contributed by atoms with E-state index in [-0.39, 0.29) is 5.92 Å². The van der Waals surface area contributed by atoms with Gasteiger partial charge in [0, 0.05) is 51.5 Å². The first-order valence-corrected chi connectivity index (χ1v) is 10.3. The Kier molecular flexibility index (Phi) is 5.40. The van der Waals surface area contributed by atoms with Gasteiger partial charge in [0.1, 0.15) is 5.82 Å². The summed E-state index contributed by atoms with van der Waals surface area (Å²) in [4.78, 5) is 9.17. The second kappa shape index (κ2) is 7.42. The second-order valence-corrected chi connectivity index (χ2v) is 8.89. The van der Waals surface area contributed by atoms with Gasteiger partial charge in [-0.15, -0.1) is 0 Å². The van der Waals surface area contributed by atoms with Crippen molar-refractivity contribution in [3.05, 3.63) is 29.8 Å². The zero-order valence-corrected chi connectivity index (χ0v) is 16.6. The minimum Gasteiger partial charge on any atom is -0.264 e. The van der Waals surface area contributed by atoms with E-state index in [2.05, 4.69) is 15.1 Å². The van der Waals surface area contributed by atoms with E-state index in [1.165, 1.54) is 4.31 Å². The van der Waals surface area contributed by atoms with Crippen molar-refractivity contribution in [1.29, 1.82) is 0 Å². The minimum atomic E-state index is -3.41. The molecule has 1 saturated heterocycles. The average molecular weight is 379 g/mol. The van der Waals surface area contributed by atoms with Gasteiger partial charge in [0.2, 0.25) is 0 Å². The number of rotatable bonds is 5. The first-order chi connectivity index (χ1) is 12.3. The summed E-state index contributed by atoms with van der Waals surface area (Å²) in [5.41, 5.74) is 2.68. The minimum absolute atomic E-state index is 0.0666. The summed E-state index contributed by atoms with van der Waals surface area (Å²) in [5, 5.41) is 4.31. The zero-order chi connectivity index (χ0) is 18.9. The zero-order valence-electron chi connectivity index (χ0n) is 15.8. The molecule has 3 rings (SSSR count). The van der Waals surface area contributed by atoms with Crippen LogP contribution >= 0.6 is 0 Å². The van der Waals surface area contributed by atoms with E-state index in [1.807, 2.05) is 30.7 Å². The molecule has 1 aliphatic heterocycles. The van der Waals surface area contributed by atoms with Crippen molar-refractivity contribution in [3.8, 4) is 11.4 Å². The molecular weight excluding hydrogens is 352 g/mol. The molecule has 2 aromatic heterocycles. The summed E-state index contributed by atoms with van der Waals surface area (Å²) >= 11 is 0. The molecule has 8 nitrogen and oxygen atoms in total. The fourth-order valence-corrected chi connectivity index (χ4v) is 4.55. The van der Waals surface area contributed by atoms with E-state index in [9.17, 15) is 8.42 Å². The summed E-state index contributed by atoms with van der Waals surface area (Å²) in [6.45, 7) is 5.67. The van der Waals surface area contributed by atoms with E-state index in [0.717, 1.165) is 36.5 Å². The Bertz CT molecular complexity index is 877. The lowest BCUT2D eigenvalue weighted by Gasteiger charge is -2.33. The first kappa shape index (κ1) is 18.9. The van der Waals surface area contributed by atoms with Crippen molar-refractivity contribution in [3.63, 3.8) is 0 Å². The summed E-state index contributed by atoms with van der Waals surface area (Å²) in [5.74, 6) is 0.755. The standard InChI is InChI=1S/C17H26N6O2S/c1-5-23-17(8-9-18-23)16-11-15(19-13(2)20-16)14-7-6-10-22(12-14)26(24,25)21(3)4/h8-9,11,14H,5-7,10,12H2,1-4H3/t14-/m1/s1. The lowest BCUT2D eigenvalue weighted by Crippen LogP contribution is -2.45. The highest BCUT2D eigenvalue weighted by Crippen LogP contribution is 2.29. The molecule has 9 heteroatoms. The average Bonchev–Trinajstić information content (AvgIpc) is 3.10. The van der Waals surface area contributed by atoms with Gasteiger partial charge in [-0.1, -0.05) is 0 Å². The van der Waals surface area contributed by atoms with Crippen LogP contribution in [0.3, 0.4) is 0 Å². The number of nitrogens with zero attached hydrogens (tertiary/aromatic N) is 6. The van der Waals surface area contributed by atoms with E-state index in [4.69, 9.17) is 0 Å². The van der Waals surface area contributed by atoms with Gasteiger partial charge in [-0.3, -0.25) is 4.68 Å². The molecule has 0 bridgehead atoms. The fourth-order valence-electron chi connectivity index (χ4n) is 3.36. The lowest BCUT2D eigenvalue weighted by atomic mass is 9.95. The number of aromatic nitrogens is 4. The lowest BCUT2D eigenvalue weighted by molar-refractivity contribution is 0.296. The maximum absolute atomic E-state index is 12.5. The van der Waals surface area contributed by atoms with Crippen LogP contribution in [-0.4, -0.2) is 64.0 Å². The Morgan fingerprint density at radius 1 is 1.31 bits per heavy atom. The van der Waals surface area contributed by atoms with Crippen LogP contribution in [0.1, 0.15) is 37.2 Å². The van der Waals surface area contributed by atoms with Gasteiger partial charge in [0.05, 0.1) is 11.4 Å². The van der Waals surface area contributed by atoms with Crippen LogP contribution in [0.5, 0.6) is 0 Å². The van der Waals surface area contributed by atoms with Crippen molar-refractivity contribution in [2.24, 2.45) is 0 Å². The number of hydrogen-bond donors (Lipinski definition) is 0. The SMILES string of the molecule is CCn1nccc1-c1cc([C@@H]2CCCN(S(=O)(=O)N(C)C)C2)nc(C)n1. The number of hydrogen-bond acceptors (Lipinski definition) is 5. The van der Waals surface area contributed by atoms with E-state index in [1.54, 1.807) is 24.6 Å². The number of piperidine rings is 1. The predicted molar refractivity (Wildman–Crippen MR) is 99.8 cm³/mol. The maximum atomic E-state index is 12.5. The summed E-state index contributed by atoms with van der Waals surface area (Å²) in [6, 6.07) is 3.92. The third-order valence-corrected chi connectivity index (χ3v) is 6.63. The molecule has 1 atom stereocenters. The summed E-state index contributed by atoms with van der Waals surface area (Å²) < 4.78 is 29.7. The van der Waals surface area contributed by atoms with Crippen molar-refractivity contribution in [1.82, 2.24) is 28.4 Å². The largest absolute Gasteiger partial charge is 0.281 e. The molecule has 142 valence electrons. The predicted octanol–water partition coefficient (Wildman–Crippen LogP) is 1.65. The van der Waals surface area contributed by atoms with Crippen molar-refractivity contribution in [2.75, 3.05) is 27.2 Å². The molecule has 0 aromatic carbocycles. The summed E-state index contributed by atoms with van der Waals surface area (Å²) in [6.07, 6.45) is 3.51. The van der Waals surface area contributed by atoms with Gasteiger partial charge in [-0.2, -0.15) is 22.1 Å². The van der Waals surface area contributed by atoms with Crippen molar-refractivity contribution >= 4 is 10.2 Å². The van der Waals surface area contributed by atoms with Gasteiger partial charge in [-0.25, -0.2) is 9.97 Å². The van der Waals surface area contributed by atoms with Crippen LogP contribution in [0.2, 0.25) is 0 Å². The topological polar surface area (TPSA) is 84.2 Å². The highest BCUT2D eigenvalue weighted by molar-refractivity contribution is 7.86. The second-order valence-electron chi connectivity index (χ2n) is 6.74. The molecule has 0 saturated carbocycles. The molecule has 1 aliphatic rings. The highest BCUT2D eigenvalue weighted by atomic mass is 32.2. The molecule has 0 aliphatic carbocycles. The molecule has 0 N–H and O–H groups in total. The van der Waals surface area contributed by atoms with Gasteiger partial charge in [-0.05, 0) is 38.8 Å². The molecule has 0 amide bonds. The fraction of sp³-hybridized carbons (Fsp3) is 0.588.